The van der Waals surface area contributed by atoms with Gasteiger partial charge in [-0.25, -0.2) is 0 Å². The lowest BCUT2D eigenvalue weighted by molar-refractivity contribution is -0.384. The van der Waals surface area contributed by atoms with E-state index in [2.05, 4.69) is 10.6 Å². The molecule has 28 heavy (non-hydrogen) atoms. The van der Waals surface area contributed by atoms with Crippen molar-refractivity contribution in [3.63, 3.8) is 0 Å². The molecule has 10 nitrogen and oxygen atoms in total. The molecule has 0 fully saturated rings. The zero-order chi connectivity index (χ0) is 20.8. The van der Waals surface area contributed by atoms with Crippen LogP contribution >= 0.6 is 23.2 Å². The van der Waals surface area contributed by atoms with Gasteiger partial charge in [0.25, 0.3) is 11.4 Å². The molecule has 0 unspecified atom stereocenters. The summed E-state index contributed by atoms with van der Waals surface area (Å²) in [6.07, 6.45) is -0.331. The zero-order valence-corrected chi connectivity index (χ0v) is 15.5. The highest BCUT2D eigenvalue weighted by atomic mass is 35.5. The Morgan fingerprint density at radius 1 is 0.786 bits per heavy atom. The predicted molar refractivity (Wildman–Crippen MR) is 103 cm³/mol. The van der Waals surface area contributed by atoms with Crippen LogP contribution in [0.25, 0.3) is 0 Å². The number of rotatable bonds is 7. The van der Waals surface area contributed by atoms with Crippen molar-refractivity contribution < 1.29 is 19.4 Å². The van der Waals surface area contributed by atoms with Gasteiger partial charge in [0.2, 0.25) is 11.8 Å². The normalized spacial score (nSPS) is 10.2. The highest BCUT2D eigenvalue weighted by Crippen LogP contribution is 2.28. The fourth-order valence-corrected chi connectivity index (χ4v) is 2.64. The van der Waals surface area contributed by atoms with Gasteiger partial charge in [-0.3, -0.25) is 29.8 Å². The second-order valence-electron chi connectivity index (χ2n) is 5.44. The van der Waals surface area contributed by atoms with E-state index in [0.717, 1.165) is 12.1 Å². The Balaban J connectivity index is 1.88. The van der Waals surface area contributed by atoms with E-state index in [1.54, 1.807) is 0 Å². The predicted octanol–water partition coefficient (Wildman–Crippen LogP) is 4.17. The van der Waals surface area contributed by atoms with Gasteiger partial charge in [-0.05, 0) is 24.3 Å². The smallest absolute Gasteiger partial charge is 0.288 e. The average molecular weight is 427 g/mol. The Labute approximate surface area is 167 Å². The van der Waals surface area contributed by atoms with Crippen LogP contribution in [-0.2, 0) is 9.59 Å². The number of nitrogens with one attached hydrogen (secondary N) is 2. The largest absolute Gasteiger partial charge is 0.326 e. The first-order valence-corrected chi connectivity index (χ1v) is 8.40. The van der Waals surface area contributed by atoms with E-state index in [0.29, 0.717) is 0 Å². The van der Waals surface area contributed by atoms with Crippen LogP contribution in [0.15, 0.2) is 36.4 Å². The van der Waals surface area contributed by atoms with Crippen molar-refractivity contribution in [3.8, 4) is 0 Å². The van der Waals surface area contributed by atoms with Crippen molar-refractivity contribution in [2.24, 2.45) is 0 Å². The van der Waals surface area contributed by atoms with Crippen LogP contribution in [0.2, 0.25) is 10.0 Å². The summed E-state index contributed by atoms with van der Waals surface area (Å²) >= 11 is 11.5. The lowest BCUT2D eigenvalue weighted by Crippen LogP contribution is -2.17. The van der Waals surface area contributed by atoms with Crippen LogP contribution in [0.3, 0.4) is 0 Å². The van der Waals surface area contributed by atoms with E-state index >= 15 is 0 Å². The number of nitro benzene ring substituents is 2. The molecule has 0 aliphatic heterocycles. The van der Waals surface area contributed by atoms with Gasteiger partial charge in [0.1, 0.15) is 10.0 Å². The molecule has 0 bridgehead atoms. The standard InChI is InChI=1S/C16H12Cl2N4O6/c17-11-7-9(1-3-13(11)21(25)26)19-15(23)5-6-16(24)20-10-2-4-14(22(27)28)12(18)8-10/h1-4,7-8H,5-6H2,(H,19,23)(H,20,24). The zero-order valence-electron chi connectivity index (χ0n) is 14.0. The van der Waals surface area contributed by atoms with Gasteiger partial charge in [0, 0.05) is 36.3 Å². The first-order chi connectivity index (χ1) is 13.2. The number of amides is 2. The number of benzene rings is 2. The second-order valence-corrected chi connectivity index (χ2v) is 6.26. The third kappa shape index (κ3) is 5.63. The molecule has 146 valence electrons. The maximum atomic E-state index is 11.9. The van der Waals surface area contributed by atoms with Crippen LogP contribution in [0, 0.1) is 20.2 Å². The molecule has 12 heteroatoms. The van der Waals surface area contributed by atoms with Crippen molar-refractivity contribution >= 4 is 57.8 Å². The van der Waals surface area contributed by atoms with Crippen molar-refractivity contribution in [2.45, 2.75) is 12.8 Å². The number of carbonyl (C=O) groups excluding carboxylic acids is 2. The minimum Gasteiger partial charge on any atom is -0.326 e. The summed E-state index contributed by atoms with van der Waals surface area (Å²) < 4.78 is 0. The molecule has 2 rings (SSSR count). The van der Waals surface area contributed by atoms with Gasteiger partial charge in [-0.15, -0.1) is 0 Å². The maximum absolute atomic E-state index is 11.9. The highest BCUT2D eigenvalue weighted by Gasteiger charge is 2.15. The Bertz CT molecular complexity index is 889. The molecule has 2 N–H and O–H groups in total. The Hall–Kier alpha value is -3.24. The molecule has 2 amide bonds. The molecule has 0 spiro atoms. The van der Waals surface area contributed by atoms with Crippen LogP contribution in [0.5, 0.6) is 0 Å². The Morgan fingerprint density at radius 2 is 1.14 bits per heavy atom. The third-order valence-corrected chi connectivity index (χ3v) is 4.04. The molecule has 0 atom stereocenters. The highest BCUT2D eigenvalue weighted by molar-refractivity contribution is 6.33. The van der Waals surface area contributed by atoms with E-state index in [1.165, 1.54) is 24.3 Å². The van der Waals surface area contributed by atoms with Crippen molar-refractivity contribution in [1.82, 2.24) is 0 Å². The van der Waals surface area contributed by atoms with Crippen molar-refractivity contribution in [2.75, 3.05) is 10.6 Å². The molecule has 0 saturated heterocycles. The maximum Gasteiger partial charge on any atom is 0.288 e. The lowest BCUT2D eigenvalue weighted by Gasteiger charge is -2.07. The topological polar surface area (TPSA) is 144 Å². The summed E-state index contributed by atoms with van der Waals surface area (Å²) in [7, 11) is 0. The average Bonchev–Trinajstić information content (AvgIpc) is 2.59. The number of nitro groups is 2. The van der Waals surface area contributed by atoms with Gasteiger partial charge in [-0.2, -0.15) is 0 Å². The number of anilines is 2. The molecule has 0 aliphatic rings. The number of carbonyl (C=O) groups is 2. The number of nitrogens with zero attached hydrogens (tertiary/aromatic N) is 2. The molecule has 2 aromatic rings. The molecule has 0 aliphatic carbocycles. The molecule has 0 heterocycles. The van der Waals surface area contributed by atoms with E-state index in [9.17, 15) is 29.8 Å². The molecular formula is C16H12Cl2N4O6. The summed E-state index contributed by atoms with van der Waals surface area (Å²) in [4.78, 5) is 43.9. The van der Waals surface area contributed by atoms with Crippen LogP contribution < -0.4 is 10.6 Å². The summed E-state index contributed by atoms with van der Waals surface area (Å²) in [5, 5.41) is 26.1. The first-order valence-electron chi connectivity index (χ1n) is 7.65. The van der Waals surface area contributed by atoms with E-state index in [-0.39, 0.29) is 45.6 Å². The van der Waals surface area contributed by atoms with Gasteiger partial charge in [-0.1, -0.05) is 23.2 Å². The van der Waals surface area contributed by atoms with E-state index in [4.69, 9.17) is 23.2 Å². The second kappa shape index (κ2) is 9.11. The fourth-order valence-electron chi connectivity index (χ4n) is 2.14. The van der Waals surface area contributed by atoms with Crippen molar-refractivity contribution in [1.29, 1.82) is 0 Å². The summed E-state index contributed by atoms with van der Waals surface area (Å²) in [5.74, 6) is -0.997. The molecule has 2 aromatic carbocycles. The number of halogens is 2. The van der Waals surface area contributed by atoms with Crippen molar-refractivity contribution in [3.05, 3.63) is 66.7 Å². The summed E-state index contributed by atoms with van der Waals surface area (Å²) in [6, 6.07) is 7.42. The van der Waals surface area contributed by atoms with Gasteiger partial charge >= 0.3 is 0 Å². The van der Waals surface area contributed by atoms with Gasteiger partial charge < -0.3 is 10.6 Å². The summed E-state index contributed by atoms with van der Waals surface area (Å²) in [5.41, 5.74) is -0.0760. The minimum absolute atomic E-state index is 0.129. The minimum atomic E-state index is -0.650. The van der Waals surface area contributed by atoms with Gasteiger partial charge in [0.05, 0.1) is 9.85 Å². The van der Waals surface area contributed by atoms with Crippen LogP contribution in [0.1, 0.15) is 12.8 Å². The molecule has 0 aromatic heterocycles. The molecule has 0 radical (unpaired) electrons. The number of hydrogen-bond acceptors (Lipinski definition) is 6. The van der Waals surface area contributed by atoms with E-state index < -0.39 is 21.7 Å². The molecular weight excluding hydrogens is 415 g/mol. The lowest BCUT2D eigenvalue weighted by atomic mass is 10.2. The monoisotopic (exact) mass is 426 g/mol. The summed E-state index contributed by atoms with van der Waals surface area (Å²) in [6.45, 7) is 0. The molecule has 0 saturated carbocycles. The Morgan fingerprint density at radius 3 is 1.43 bits per heavy atom. The third-order valence-electron chi connectivity index (χ3n) is 3.44. The Kier molecular flexibility index (Phi) is 6.85. The fraction of sp³-hybridized carbons (Fsp3) is 0.125. The number of hydrogen-bond donors (Lipinski definition) is 2. The quantitative estimate of drug-likeness (QED) is 0.501. The first kappa shape index (κ1) is 21.1. The van der Waals surface area contributed by atoms with Gasteiger partial charge in [0.15, 0.2) is 0 Å². The SMILES string of the molecule is O=C(CCC(=O)Nc1ccc([N+](=O)[O-])c(Cl)c1)Nc1ccc([N+](=O)[O-])c(Cl)c1. The van der Waals surface area contributed by atoms with E-state index in [1.807, 2.05) is 0 Å². The van der Waals surface area contributed by atoms with Crippen LogP contribution in [0.4, 0.5) is 22.7 Å². The van der Waals surface area contributed by atoms with Crippen LogP contribution in [-0.4, -0.2) is 21.7 Å².